The maximum atomic E-state index is 13.4. The smallest absolute Gasteiger partial charge is 0.383 e. The van der Waals surface area contributed by atoms with Crippen LogP contribution in [0.1, 0.15) is 36.8 Å². The molecule has 30 heavy (non-hydrogen) atoms. The Labute approximate surface area is 173 Å². The molecule has 1 aliphatic carbocycles. The van der Waals surface area contributed by atoms with Crippen molar-refractivity contribution in [2.24, 2.45) is 0 Å². The van der Waals surface area contributed by atoms with Crippen molar-refractivity contribution in [3.8, 4) is 6.07 Å². The topological polar surface area (TPSA) is 67.7 Å². The van der Waals surface area contributed by atoms with E-state index in [1.54, 1.807) is 31.3 Å². The second-order valence-electron chi connectivity index (χ2n) is 7.78. The summed E-state index contributed by atoms with van der Waals surface area (Å²) in [6.45, 7) is -0.122. The van der Waals surface area contributed by atoms with Crippen LogP contribution in [0.3, 0.4) is 0 Å². The Balaban J connectivity index is 1.95. The number of amides is 2. The largest absolute Gasteiger partial charge is 0.417 e. The fourth-order valence-corrected chi connectivity index (χ4v) is 4.13. The predicted molar refractivity (Wildman–Crippen MR) is 105 cm³/mol. The standard InChI is InChI=1S/C21H23F3N4O2/c1-26(2)10-9-16(29)13-27-18-5-3-4-6-19(18)28(20(27)30)15-8-7-14(12-25)17(11-15)21(22,23)24/h7-11,18-19H,3-6,13H2,1-2H3/t18-,19-/m0/s1. The maximum Gasteiger partial charge on any atom is 0.417 e. The summed E-state index contributed by atoms with van der Waals surface area (Å²) in [6, 6.07) is 3.88. The number of urea groups is 1. The van der Waals surface area contributed by atoms with Crippen molar-refractivity contribution in [3.05, 3.63) is 41.6 Å². The molecule has 3 rings (SSSR count). The molecule has 9 heteroatoms. The zero-order chi connectivity index (χ0) is 22.1. The van der Waals surface area contributed by atoms with Gasteiger partial charge >= 0.3 is 12.2 Å². The van der Waals surface area contributed by atoms with Crippen molar-refractivity contribution in [1.82, 2.24) is 9.80 Å². The minimum atomic E-state index is -4.71. The summed E-state index contributed by atoms with van der Waals surface area (Å²) < 4.78 is 40.2. The summed E-state index contributed by atoms with van der Waals surface area (Å²) in [7, 11) is 3.54. The van der Waals surface area contributed by atoms with Gasteiger partial charge in [0.2, 0.25) is 0 Å². The quantitative estimate of drug-likeness (QED) is 0.680. The van der Waals surface area contributed by atoms with E-state index in [1.807, 2.05) is 0 Å². The lowest BCUT2D eigenvalue weighted by Gasteiger charge is -2.31. The van der Waals surface area contributed by atoms with Crippen LogP contribution in [0.4, 0.5) is 23.7 Å². The Kier molecular flexibility index (Phi) is 6.06. The van der Waals surface area contributed by atoms with Crippen LogP contribution in [0.25, 0.3) is 0 Å². The average Bonchev–Trinajstić information content (AvgIpc) is 2.97. The van der Waals surface area contributed by atoms with Crippen LogP contribution in [0.2, 0.25) is 0 Å². The third kappa shape index (κ3) is 4.27. The first-order valence-electron chi connectivity index (χ1n) is 9.72. The predicted octanol–water partition coefficient (Wildman–Crippen LogP) is 3.77. The van der Waals surface area contributed by atoms with E-state index < -0.39 is 23.3 Å². The highest BCUT2D eigenvalue weighted by Crippen LogP contribution is 2.40. The average molecular weight is 420 g/mol. The van der Waals surface area contributed by atoms with Crippen LogP contribution in [-0.4, -0.2) is 54.3 Å². The Morgan fingerprint density at radius 2 is 1.93 bits per heavy atom. The molecule has 2 aliphatic rings. The van der Waals surface area contributed by atoms with Gasteiger partial charge in [0, 0.05) is 26.0 Å². The molecule has 1 aromatic carbocycles. The van der Waals surface area contributed by atoms with Gasteiger partial charge in [-0.25, -0.2) is 4.79 Å². The maximum absolute atomic E-state index is 13.4. The van der Waals surface area contributed by atoms with Crippen LogP contribution in [0.15, 0.2) is 30.5 Å². The summed E-state index contributed by atoms with van der Waals surface area (Å²) in [5, 5.41) is 9.02. The summed E-state index contributed by atoms with van der Waals surface area (Å²) in [5.74, 6) is -0.251. The van der Waals surface area contributed by atoms with Crippen molar-refractivity contribution in [1.29, 1.82) is 5.26 Å². The summed E-state index contributed by atoms with van der Waals surface area (Å²) >= 11 is 0. The highest BCUT2D eigenvalue weighted by molar-refractivity contribution is 6.00. The molecule has 1 saturated heterocycles. The fourth-order valence-electron chi connectivity index (χ4n) is 4.13. The number of fused-ring (bicyclic) bond motifs is 1. The number of hydrogen-bond acceptors (Lipinski definition) is 4. The van der Waals surface area contributed by atoms with Gasteiger partial charge < -0.3 is 9.80 Å². The van der Waals surface area contributed by atoms with Gasteiger partial charge in [0.15, 0.2) is 5.78 Å². The number of hydrogen-bond donors (Lipinski definition) is 0. The van der Waals surface area contributed by atoms with Crippen LogP contribution in [0.5, 0.6) is 0 Å². The number of carbonyl (C=O) groups excluding carboxylic acids is 2. The summed E-state index contributed by atoms with van der Waals surface area (Å²) in [6.07, 6.45) is 1.36. The number of ketones is 1. The Hall–Kier alpha value is -3.02. The Bertz CT molecular complexity index is 904. The molecule has 0 N–H and O–H groups in total. The third-order valence-corrected chi connectivity index (χ3v) is 5.47. The van der Waals surface area contributed by atoms with E-state index in [2.05, 4.69) is 0 Å². The second kappa shape index (κ2) is 8.38. The first-order chi connectivity index (χ1) is 14.1. The van der Waals surface area contributed by atoms with E-state index in [1.165, 1.54) is 21.9 Å². The lowest BCUT2D eigenvalue weighted by Crippen LogP contribution is -2.41. The summed E-state index contributed by atoms with van der Waals surface area (Å²) in [4.78, 5) is 30.0. The molecule has 160 valence electrons. The van der Waals surface area contributed by atoms with Crippen molar-refractivity contribution in [2.75, 3.05) is 25.5 Å². The molecule has 1 aromatic rings. The van der Waals surface area contributed by atoms with Gasteiger partial charge in [-0.1, -0.05) is 12.8 Å². The van der Waals surface area contributed by atoms with Gasteiger partial charge in [0.05, 0.1) is 35.8 Å². The van der Waals surface area contributed by atoms with Crippen LogP contribution < -0.4 is 4.90 Å². The summed E-state index contributed by atoms with van der Waals surface area (Å²) in [5.41, 5.74) is -1.45. The molecule has 0 spiro atoms. The number of benzene rings is 1. The Morgan fingerprint density at radius 1 is 1.27 bits per heavy atom. The van der Waals surface area contributed by atoms with Crippen LogP contribution >= 0.6 is 0 Å². The fraction of sp³-hybridized carbons (Fsp3) is 0.476. The van der Waals surface area contributed by atoms with Crippen LogP contribution in [-0.2, 0) is 11.0 Å². The molecule has 2 atom stereocenters. The number of nitriles is 1. The zero-order valence-electron chi connectivity index (χ0n) is 16.8. The van der Waals surface area contributed by atoms with Gasteiger partial charge in [-0.05, 0) is 37.1 Å². The molecule has 0 unspecified atom stereocenters. The van der Waals surface area contributed by atoms with Crippen LogP contribution in [0, 0.1) is 11.3 Å². The minimum absolute atomic E-state index is 0.0991. The van der Waals surface area contributed by atoms with Gasteiger partial charge in [-0.2, -0.15) is 18.4 Å². The normalized spacial score (nSPS) is 21.7. The highest BCUT2D eigenvalue weighted by Gasteiger charge is 2.48. The van der Waals surface area contributed by atoms with Gasteiger partial charge in [0.25, 0.3) is 0 Å². The molecule has 2 amide bonds. The molecule has 1 aliphatic heterocycles. The van der Waals surface area contributed by atoms with Crippen molar-refractivity contribution >= 4 is 17.5 Å². The first-order valence-corrected chi connectivity index (χ1v) is 9.72. The van der Waals surface area contributed by atoms with E-state index in [-0.39, 0.29) is 30.1 Å². The number of carbonyl (C=O) groups is 2. The van der Waals surface area contributed by atoms with Crippen molar-refractivity contribution in [3.63, 3.8) is 0 Å². The number of nitrogens with zero attached hydrogens (tertiary/aromatic N) is 4. The SMILES string of the molecule is CN(C)C=CC(=O)CN1C(=O)N(c2ccc(C#N)c(C(F)(F)F)c2)[C@H]2CCCC[C@@H]21. The molecular weight excluding hydrogens is 397 g/mol. The highest BCUT2D eigenvalue weighted by atomic mass is 19.4. The number of anilines is 1. The van der Waals surface area contributed by atoms with E-state index in [0.29, 0.717) is 12.8 Å². The van der Waals surface area contributed by atoms with Crippen molar-refractivity contribution in [2.45, 2.75) is 43.9 Å². The monoisotopic (exact) mass is 420 g/mol. The molecule has 6 nitrogen and oxygen atoms in total. The number of rotatable bonds is 5. The van der Waals surface area contributed by atoms with E-state index in [9.17, 15) is 22.8 Å². The minimum Gasteiger partial charge on any atom is -0.383 e. The molecule has 1 heterocycles. The Morgan fingerprint density at radius 3 is 2.53 bits per heavy atom. The number of alkyl halides is 3. The first kappa shape index (κ1) is 21.7. The van der Waals surface area contributed by atoms with Gasteiger partial charge in [-0.15, -0.1) is 0 Å². The lowest BCUT2D eigenvalue weighted by molar-refractivity contribution is -0.137. The molecule has 2 fully saturated rings. The van der Waals surface area contributed by atoms with Crippen molar-refractivity contribution < 1.29 is 22.8 Å². The van der Waals surface area contributed by atoms with E-state index >= 15 is 0 Å². The van der Waals surface area contributed by atoms with Gasteiger partial charge in [-0.3, -0.25) is 9.69 Å². The number of halogens is 3. The molecule has 1 saturated carbocycles. The van der Waals surface area contributed by atoms with E-state index in [0.717, 1.165) is 25.0 Å². The molecular formula is C21H23F3N4O2. The molecule has 0 radical (unpaired) electrons. The third-order valence-electron chi connectivity index (χ3n) is 5.47. The molecule has 0 bridgehead atoms. The zero-order valence-corrected chi connectivity index (χ0v) is 16.8. The molecule has 0 aromatic heterocycles. The second-order valence-corrected chi connectivity index (χ2v) is 7.78. The van der Waals surface area contributed by atoms with E-state index in [4.69, 9.17) is 5.26 Å². The lowest BCUT2D eigenvalue weighted by atomic mass is 9.89. The van der Waals surface area contributed by atoms with Gasteiger partial charge in [0.1, 0.15) is 0 Å².